The van der Waals surface area contributed by atoms with Crippen LogP contribution in [0, 0.1) is 17.6 Å². The van der Waals surface area contributed by atoms with E-state index in [2.05, 4.69) is 5.32 Å². The van der Waals surface area contributed by atoms with Gasteiger partial charge in [-0.2, -0.15) is 4.31 Å². The number of benzene rings is 1. The van der Waals surface area contributed by atoms with E-state index in [9.17, 15) is 17.2 Å². The van der Waals surface area contributed by atoms with Gasteiger partial charge in [0, 0.05) is 19.1 Å². The highest BCUT2D eigenvalue weighted by atomic mass is 32.2. The molecule has 0 saturated carbocycles. The lowest BCUT2D eigenvalue weighted by atomic mass is 9.94. The summed E-state index contributed by atoms with van der Waals surface area (Å²) in [6.07, 6.45) is 1.72. The Balaban J connectivity index is 2.00. The van der Waals surface area contributed by atoms with E-state index in [1.807, 2.05) is 0 Å². The molecular formula is C13H16F2N2O2S. The SMILES string of the molecule is O=S(=O)(c1cc(F)ccc1F)N1CCCC2CNCC21. The Kier molecular flexibility index (Phi) is 3.51. The summed E-state index contributed by atoms with van der Waals surface area (Å²) >= 11 is 0. The molecule has 2 saturated heterocycles. The van der Waals surface area contributed by atoms with E-state index in [1.54, 1.807) is 0 Å². The van der Waals surface area contributed by atoms with Gasteiger partial charge in [-0.15, -0.1) is 0 Å². The van der Waals surface area contributed by atoms with Crippen molar-refractivity contribution in [2.24, 2.45) is 5.92 Å². The second kappa shape index (κ2) is 5.05. The molecule has 2 atom stereocenters. The minimum absolute atomic E-state index is 0.156. The third-order valence-corrected chi connectivity index (χ3v) is 6.05. The molecule has 3 rings (SSSR count). The van der Waals surface area contributed by atoms with Crippen LogP contribution >= 0.6 is 0 Å². The number of rotatable bonds is 2. The first-order valence-electron chi connectivity index (χ1n) is 6.68. The lowest BCUT2D eigenvalue weighted by Gasteiger charge is -2.35. The van der Waals surface area contributed by atoms with Gasteiger partial charge in [0.1, 0.15) is 16.5 Å². The minimum Gasteiger partial charge on any atom is -0.315 e. The van der Waals surface area contributed by atoms with Crippen LogP contribution in [0.1, 0.15) is 12.8 Å². The number of nitrogens with one attached hydrogen (secondary N) is 1. The molecule has 0 amide bonds. The Morgan fingerprint density at radius 2 is 2.05 bits per heavy atom. The Bertz CT molecular complexity index is 621. The van der Waals surface area contributed by atoms with Gasteiger partial charge in [-0.05, 0) is 43.5 Å². The summed E-state index contributed by atoms with van der Waals surface area (Å²) in [6, 6.07) is 2.38. The van der Waals surface area contributed by atoms with Crippen molar-refractivity contribution in [3.63, 3.8) is 0 Å². The summed E-state index contributed by atoms with van der Waals surface area (Å²) in [5.41, 5.74) is 0. The number of hydrogen-bond donors (Lipinski definition) is 1. The summed E-state index contributed by atoms with van der Waals surface area (Å²) in [5.74, 6) is -1.39. The van der Waals surface area contributed by atoms with Gasteiger partial charge >= 0.3 is 0 Å². The van der Waals surface area contributed by atoms with E-state index >= 15 is 0 Å². The molecule has 110 valence electrons. The maximum absolute atomic E-state index is 13.8. The lowest BCUT2D eigenvalue weighted by Crippen LogP contribution is -2.48. The molecule has 0 bridgehead atoms. The van der Waals surface area contributed by atoms with Crippen molar-refractivity contribution in [1.29, 1.82) is 0 Å². The largest absolute Gasteiger partial charge is 0.315 e. The number of hydrogen-bond acceptors (Lipinski definition) is 3. The van der Waals surface area contributed by atoms with Gasteiger partial charge in [-0.3, -0.25) is 0 Å². The number of fused-ring (bicyclic) bond motifs is 1. The molecule has 0 aliphatic carbocycles. The third-order valence-electron chi connectivity index (χ3n) is 4.11. The van der Waals surface area contributed by atoms with Crippen molar-refractivity contribution in [1.82, 2.24) is 9.62 Å². The molecule has 20 heavy (non-hydrogen) atoms. The first-order chi connectivity index (χ1) is 9.50. The zero-order chi connectivity index (χ0) is 14.3. The molecule has 1 aromatic carbocycles. The fraction of sp³-hybridized carbons (Fsp3) is 0.538. The lowest BCUT2D eigenvalue weighted by molar-refractivity contribution is 0.217. The smallest absolute Gasteiger partial charge is 0.246 e. The van der Waals surface area contributed by atoms with Crippen molar-refractivity contribution in [2.75, 3.05) is 19.6 Å². The average Bonchev–Trinajstić information content (AvgIpc) is 2.89. The zero-order valence-corrected chi connectivity index (χ0v) is 11.7. The van der Waals surface area contributed by atoms with Gasteiger partial charge in [0.25, 0.3) is 0 Å². The van der Waals surface area contributed by atoms with Crippen LogP contribution in [-0.4, -0.2) is 38.4 Å². The maximum Gasteiger partial charge on any atom is 0.246 e. The monoisotopic (exact) mass is 302 g/mol. The Morgan fingerprint density at radius 1 is 1.25 bits per heavy atom. The highest BCUT2D eigenvalue weighted by Gasteiger charge is 2.42. The van der Waals surface area contributed by atoms with Gasteiger partial charge in [0.15, 0.2) is 0 Å². The second-order valence-electron chi connectivity index (χ2n) is 5.32. The molecule has 2 heterocycles. The van der Waals surface area contributed by atoms with Crippen molar-refractivity contribution in [2.45, 2.75) is 23.8 Å². The predicted molar refractivity (Wildman–Crippen MR) is 69.6 cm³/mol. The Hall–Kier alpha value is -1.05. The Morgan fingerprint density at radius 3 is 2.85 bits per heavy atom. The molecule has 2 fully saturated rings. The average molecular weight is 302 g/mol. The molecular weight excluding hydrogens is 286 g/mol. The van der Waals surface area contributed by atoms with Gasteiger partial charge in [-0.1, -0.05) is 0 Å². The molecule has 2 unspecified atom stereocenters. The molecule has 2 aliphatic rings. The fourth-order valence-electron chi connectivity index (χ4n) is 3.13. The van der Waals surface area contributed by atoms with E-state index in [0.717, 1.165) is 37.6 Å². The van der Waals surface area contributed by atoms with E-state index in [0.29, 0.717) is 13.1 Å². The number of halogens is 2. The summed E-state index contributed by atoms with van der Waals surface area (Å²) < 4.78 is 53.5. The summed E-state index contributed by atoms with van der Waals surface area (Å²) in [7, 11) is -3.99. The normalized spacial score (nSPS) is 27.5. The molecule has 0 spiro atoms. The van der Waals surface area contributed by atoms with E-state index < -0.39 is 26.6 Å². The first-order valence-corrected chi connectivity index (χ1v) is 8.12. The van der Waals surface area contributed by atoms with Crippen LogP contribution in [0.4, 0.5) is 8.78 Å². The molecule has 1 aromatic rings. The molecule has 7 heteroatoms. The van der Waals surface area contributed by atoms with Gasteiger partial charge in [0.05, 0.1) is 0 Å². The standard InChI is InChI=1S/C13H16F2N2O2S/c14-10-3-4-11(15)13(6-10)20(18,19)17-5-1-2-9-7-16-8-12(9)17/h3-4,6,9,12,16H,1-2,5,7-8H2. The van der Waals surface area contributed by atoms with Gasteiger partial charge in [-0.25, -0.2) is 17.2 Å². The van der Waals surface area contributed by atoms with Crippen molar-refractivity contribution >= 4 is 10.0 Å². The van der Waals surface area contributed by atoms with Crippen molar-refractivity contribution in [3.8, 4) is 0 Å². The highest BCUT2D eigenvalue weighted by molar-refractivity contribution is 7.89. The number of sulfonamides is 1. The van der Waals surface area contributed by atoms with Crippen LogP contribution in [-0.2, 0) is 10.0 Å². The third kappa shape index (κ3) is 2.23. The molecule has 1 N–H and O–H groups in total. The maximum atomic E-state index is 13.8. The first kappa shape index (κ1) is 13.9. The van der Waals surface area contributed by atoms with Crippen LogP contribution in [0.25, 0.3) is 0 Å². The fourth-order valence-corrected chi connectivity index (χ4v) is 4.93. The Labute approximate surface area is 116 Å². The van der Waals surface area contributed by atoms with E-state index in [-0.39, 0.29) is 12.0 Å². The molecule has 0 aromatic heterocycles. The number of piperidine rings is 1. The molecule has 0 radical (unpaired) electrons. The highest BCUT2D eigenvalue weighted by Crippen LogP contribution is 2.32. The number of nitrogens with zero attached hydrogens (tertiary/aromatic N) is 1. The van der Waals surface area contributed by atoms with Crippen LogP contribution in [0.15, 0.2) is 23.1 Å². The van der Waals surface area contributed by atoms with Crippen LogP contribution in [0.5, 0.6) is 0 Å². The van der Waals surface area contributed by atoms with Crippen molar-refractivity contribution in [3.05, 3.63) is 29.8 Å². The quantitative estimate of drug-likeness (QED) is 0.897. The van der Waals surface area contributed by atoms with Crippen LogP contribution < -0.4 is 5.32 Å². The van der Waals surface area contributed by atoms with Crippen LogP contribution in [0.3, 0.4) is 0 Å². The predicted octanol–water partition coefficient (Wildman–Crippen LogP) is 1.34. The van der Waals surface area contributed by atoms with Gasteiger partial charge in [0.2, 0.25) is 10.0 Å². The van der Waals surface area contributed by atoms with Gasteiger partial charge < -0.3 is 5.32 Å². The molecule has 2 aliphatic heterocycles. The second-order valence-corrected chi connectivity index (χ2v) is 7.18. The minimum atomic E-state index is -3.99. The summed E-state index contributed by atoms with van der Waals surface area (Å²) in [6.45, 7) is 1.71. The van der Waals surface area contributed by atoms with E-state index in [1.165, 1.54) is 4.31 Å². The molecule has 4 nitrogen and oxygen atoms in total. The summed E-state index contributed by atoms with van der Waals surface area (Å²) in [4.78, 5) is -0.565. The van der Waals surface area contributed by atoms with Crippen molar-refractivity contribution < 1.29 is 17.2 Å². The summed E-state index contributed by atoms with van der Waals surface area (Å²) in [5, 5.41) is 3.17. The van der Waals surface area contributed by atoms with E-state index in [4.69, 9.17) is 0 Å². The van der Waals surface area contributed by atoms with Crippen LogP contribution in [0.2, 0.25) is 0 Å². The topological polar surface area (TPSA) is 49.4 Å². The zero-order valence-electron chi connectivity index (χ0n) is 10.9.